The van der Waals surface area contributed by atoms with Gasteiger partial charge in [0.1, 0.15) is 11.7 Å². The van der Waals surface area contributed by atoms with Crippen molar-refractivity contribution in [2.75, 3.05) is 0 Å². The molecule has 6 N–H and O–H groups in total. The molecule has 7 heteroatoms. The van der Waals surface area contributed by atoms with Crippen molar-refractivity contribution < 1.29 is 35.7 Å². The van der Waals surface area contributed by atoms with E-state index >= 15 is 0 Å². The van der Waals surface area contributed by atoms with Gasteiger partial charge in [0.05, 0.1) is 24.4 Å². The molecule has 0 aromatic heterocycles. The number of hydrogen-bond donors (Lipinski definition) is 6. The minimum atomic E-state index is -1.37. The maximum atomic E-state index is 11.5. The van der Waals surface area contributed by atoms with Crippen LogP contribution in [0, 0.1) is 46.3 Å². The topological polar surface area (TPSA) is 131 Å². The third kappa shape index (κ3) is 3.95. The lowest BCUT2D eigenvalue weighted by Gasteiger charge is -2.66. The molecule has 204 valence electrons. The number of rotatable bonds is 7. The molecular formula is C28H50O7. The largest absolute Gasteiger partial charge is 0.393 e. The third-order valence-electron chi connectivity index (χ3n) is 11.9. The minimum Gasteiger partial charge on any atom is -0.393 e. The van der Waals surface area contributed by atoms with E-state index in [-0.39, 0.29) is 47.3 Å². The molecule has 4 saturated carbocycles. The van der Waals surface area contributed by atoms with Gasteiger partial charge in [-0.1, -0.05) is 41.0 Å². The average molecular weight is 499 g/mol. The molecule has 4 aliphatic rings. The minimum absolute atomic E-state index is 0.0433. The Labute approximate surface area is 210 Å². The lowest BCUT2D eigenvalue weighted by molar-refractivity contribution is -0.421. The van der Waals surface area contributed by atoms with Crippen molar-refractivity contribution in [3.8, 4) is 0 Å². The van der Waals surface area contributed by atoms with E-state index in [0.717, 1.165) is 38.5 Å². The Hall–Kier alpha value is -0.280. The first kappa shape index (κ1) is 27.7. The molecule has 35 heavy (non-hydrogen) atoms. The molecule has 0 bridgehead atoms. The molecule has 0 aromatic rings. The van der Waals surface area contributed by atoms with Crippen LogP contribution in [0.3, 0.4) is 0 Å². The summed E-state index contributed by atoms with van der Waals surface area (Å²) in [6, 6.07) is 0. The summed E-state index contributed by atoms with van der Waals surface area (Å²) in [7, 11) is 0. The molecular weight excluding hydrogens is 448 g/mol. The van der Waals surface area contributed by atoms with Crippen molar-refractivity contribution in [1.29, 1.82) is 0 Å². The van der Waals surface area contributed by atoms with Gasteiger partial charge < -0.3 is 25.5 Å². The zero-order valence-corrected chi connectivity index (χ0v) is 22.3. The molecule has 7 nitrogen and oxygen atoms in total. The molecule has 14 atom stereocenters. The van der Waals surface area contributed by atoms with Crippen molar-refractivity contribution in [2.45, 2.75) is 129 Å². The fourth-order valence-corrected chi connectivity index (χ4v) is 9.83. The smallest absolute Gasteiger partial charge is 0.139 e. The molecule has 0 saturated heterocycles. The maximum absolute atomic E-state index is 11.5. The summed E-state index contributed by atoms with van der Waals surface area (Å²) in [5, 5.41) is 65.3. The van der Waals surface area contributed by atoms with Crippen molar-refractivity contribution in [3.63, 3.8) is 0 Å². The second-order valence-electron chi connectivity index (χ2n) is 13.4. The number of fused-ring (bicyclic) bond motifs is 5. The van der Waals surface area contributed by atoms with Crippen LogP contribution in [-0.2, 0) is 4.89 Å². The predicted molar refractivity (Wildman–Crippen MR) is 132 cm³/mol. The number of aliphatic hydroxyl groups excluding tert-OH is 5. The van der Waals surface area contributed by atoms with Gasteiger partial charge >= 0.3 is 0 Å². The molecule has 0 spiro atoms. The van der Waals surface area contributed by atoms with Crippen LogP contribution >= 0.6 is 0 Å². The van der Waals surface area contributed by atoms with Gasteiger partial charge in [0.25, 0.3) is 0 Å². The van der Waals surface area contributed by atoms with Gasteiger partial charge in [-0.2, -0.15) is 0 Å². The highest BCUT2D eigenvalue weighted by Gasteiger charge is 2.72. The maximum Gasteiger partial charge on any atom is 0.139 e. The summed E-state index contributed by atoms with van der Waals surface area (Å²) in [6.45, 7) is 10.5. The van der Waals surface area contributed by atoms with Gasteiger partial charge in [-0.3, -0.25) is 5.26 Å². The lowest BCUT2D eigenvalue weighted by Crippen LogP contribution is -2.74. The first-order valence-electron chi connectivity index (χ1n) is 14.1. The summed E-state index contributed by atoms with van der Waals surface area (Å²) in [5.74, 6) is 0.302. The number of aliphatic hydroxyl groups is 5. The predicted octanol–water partition coefficient (Wildman–Crippen LogP) is 3.35. The molecule has 0 aliphatic heterocycles. The molecule has 0 heterocycles. The summed E-state index contributed by atoms with van der Waals surface area (Å²) in [4.78, 5) is 5.05. The van der Waals surface area contributed by atoms with Crippen LogP contribution in [0.4, 0.5) is 0 Å². The van der Waals surface area contributed by atoms with E-state index in [4.69, 9.17) is 4.89 Å². The van der Waals surface area contributed by atoms with E-state index in [0.29, 0.717) is 12.8 Å². The molecule has 4 fully saturated rings. The van der Waals surface area contributed by atoms with Crippen molar-refractivity contribution in [2.24, 2.45) is 46.3 Å². The van der Waals surface area contributed by atoms with Crippen LogP contribution in [0.15, 0.2) is 0 Å². The third-order valence-corrected chi connectivity index (χ3v) is 11.9. The summed E-state index contributed by atoms with van der Waals surface area (Å²) < 4.78 is 0. The van der Waals surface area contributed by atoms with Crippen LogP contribution in [0.1, 0.15) is 92.4 Å². The van der Waals surface area contributed by atoms with Crippen molar-refractivity contribution in [3.05, 3.63) is 0 Å². The van der Waals surface area contributed by atoms with E-state index in [1.165, 1.54) is 0 Å². The second kappa shape index (κ2) is 9.79. The van der Waals surface area contributed by atoms with Crippen LogP contribution in [0.2, 0.25) is 0 Å². The van der Waals surface area contributed by atoms with Gasteiger partial charge in [-0.05, 0) is 85.9 Å². The van der Waals surface area contributed by atoms with E-state index in [2.05, 4.69) is 27.7 Å². The van der Waals surface area contributed by atoms with Crippen LogP contribution in [-0.4, -0.2) is 66.9 Å². The highest BCUT2D eigenvalue weighted by molar-refractivity contribution is 5.20. The van der Waals surface area contributed by atoms with E-state index in [1.807, 2.05) is 6.92 Å². The average Bonchev–Trinajstić information content (AvgIpc) is 3.19. The van der Waals surface area contributed by atoms with Gasteiger partial charge in [0.2, 0.25) is 0 Å². The molecule has 0 aromatic carbocycles. The Morgan fingerprint density at radius 3 is 2.23 bits per heavy atom. The van der Waals surface area contributed by atoms with E-state index < -0.39 is 41.5 Å². The number of hydrogen-bond acceptors (Lipinski definition) is 7. The Morgan fingerprint density at radius 2 is 1.60 bits per heavy atom. The first-order valence-corrected chi connectivity index (χ1v) is 14.1. The Morgan fingerprint density at radius 1 is 0.914 bits per heavy atom. The molecule has 0 amide bonds. The van der Waals surface area contributed by atoms with Gasteiger partial charge in [0.15, 0.2) is 0 Å². The molecule has 6 unspecified atom stereocenters. The standard InChI is InChI=1S/C28H50O7/c1-6-7-15(2)22(30)23(31)16(3)18-8-9-19-21-20(11-12-26(18,19)4)27(5)13-10-17(29)14-28(27,35-34)25(33)24(21)32/h15-25,29-34H,6-14H2,1-5H3/t15-,16+,17+,18-,19+,20+,21?,22?,23?,24?,25?,26-,27-,28?/m1/s1. The summed E-state index contributed by atoms with van der Waals surface area (Å²) >= 11 is 0. The zero-order chi connectivity index (χ0) is 25.9. The van der Waals surface area contributed by atoms with Gasteiger partial charge in [-0.25, -0.2) is 4.89 Å². The monoisotopic (exact) mass is 498 g/mol. The normalized spacial score (nSPS) is 51.0. The first-order chi connectivity index (χ1) is 16.4. The van der Waals surface area contributed by atoms with Crippen LogP contribution < -0.4 is 0 Å². The van der Waals surface area contributed by atoms with E-state index in [1.54, 1.807) is 0 Å². The Kier molecular flexibility index (Phi) is 7.76. The van der Waals surface area contributed by atoms with E-state index in [9.17, 15) is 30.8 Å². The Balaban J connectivity index is 1.61. The van der Waals surface area contributed by atoms with Crippen molar-refractivity contribution in [1.82, 2.24) is 0 Å². The fourth-order valence-electron chi connectivity index (χ4n) is 9.83. The second-order valence-corrected chi connectivity index (χ2v) is 13.4. The van der Waals surface area contributed by atoms with Crippen LogP contribution in [0.5, 0.6) is 0 Å². The Bertz CT molecular complexity index is 749. The molecule has 0 radical (unpaired) electrons. The SMILES string of the molecule is CCC[C@@H](C)C(O)C(O)[C@@H](C)[C@H]1CC[C@H]2C3C(O)C(O)C4(OO)C[C@@H](O)CC[C@]4(C)[C@H]3CC[C@]12C. The van der Waals surface area contributed by atoms with Gasteiger partial charge in [0, 0.05) is 11.8 Å². The highest BCUT2D eigenvalue weighted by atomic mass is 17.1. The fraction of sp³-hybridized carbons (Fsp3) is 1.00. The quantitative estimate of drug-likeness (QED) is 0.234. The van der Waals surface area contributed by atoms with Crippen LogP contribution in [0.25, 0.3) is 0 Å². The van der Waals surface area contributed by atoms with Crippen molar-refractivity contribution >= 4 is 0 Å². The highest BCUT2D eigenvalue weighted by Crippen LogP contribution is 2.69. The summed E-state index contributed by atoms with van der Waals surface area (Å²) in [6.07, 6.45) is 2.25. The lowest BCUT2D eigenvalue weighted by atomic mass is 9.41. The summed E-state index contributed by atoms with van der Waals surface area (Å²) in [5.41, 5.74) is -2.04. The molecule has 4 aliphatic carbocycles. The van der Waals surface area contributed by atoms with Gasteiger partial charge in [-0.15, -0.1) is 0 Å². The molecule has 4 rings (SSSR count). The zero-order valence-electron chi connectivity index (χ0n) is 22.3.